The number of aromatic hydroxyl groups is 2. The molecule has 4 N–H and O–H groups in total. The Kier molecular flexibility index (Phi) is 28.4. The van der Waals surface area contributed by atoms with Gasteiger partial charge in [0.2, 0.25) is 0 Å². The van der Waals surface area contributed by atoms with Crippen LogP contribution in [0.2, 0.25) is 0 Å². The molecule has 0 amide bonds. The topological polar surface area (TPSA) is 186 Å². The molecule has 4 aromatic rings. The summed E-state index contributed by atoms with van der Waals surface area (Å²) in [6, 6.07) is 15.8. The van der Waals surface area contributed by atoms with Crippen molar-refractivity contribution in [3.8, 4) is 23.0 Å². The number of carboxylic acid groups (broad SMARTS) is 2. The number of rotatable bonds is 23. The van der Waals surface area contributed by atoms with E-state index in [1.807, 2.05) is 13.8 Å². The van der Waals surface area contributed by atoms with Crippen LogP contribution in [0.25, 0.3) is 0 Å². The number of phenolic OH excluding ortho intramolecular Hbond substituents is 2. The fourth-order valence-electron chi connectivity index (χ4n) is 7.83. The van der Waals surface area contributed by atoms with E-state index in [1.165, 1.54) is 60.1 Å². The van der Waals surface area contributed by atoms with Crippen LogP contribution in [0.3, 0.4) is 0 Å². The monoisotopic (exact) mass is 965 g/mol. The van der Waals surface area contributed by atoms with E-state index in [-0.39, 0.29) is 27.6 Å². The van der Waals surface area contributed by atoms with Gasteiger partial charge in [-0.2, -0.15) is 0 Å². The van der Waals surface area contributed by atoms with Crippen molar-refractivity contribution >= 4 is 34.7 Å². The zero-order valence-electron chi connectivity index (χ0n) is 42.0. The summed E-state index contributed by atoms with van der Waals surface area (Å²) in [5, 5.41) is 61.2. The zero-order valence-corrected chi connectivity index (χ0v) is 43.0. The van der Waals surface area contributed by atoms with Crippen LogP contribution in [0, 0.1) is 27.7 Å². The van der Waals surface area contributed by atoms with Gasteiger partial charge in [-0.1, -0.05) is 123 Å². The number of aliphatic imine (C=N–C) groups is 2. The molecule has 0 aromatic heterocycles. The fraction of sp³-hybridized carbons (Fsp3) is 0.500. The number of carboxylic acids is 2. The van der Waals surface area contributed by atoms with Crippen molar-refractivity contribution in [2.75, 3.05) is 0 Å². The molecule has 67 heavy (non-hydrogen) atoms. The van der Waals surface area contributed by atoms with Crippen LogP contribution in [-0.4, -0.2) is 43.8 Å². The van der Waals surface area contributed by atoms with Crippen molar-refractivity contribution in [1.82, 2.24) is 0 Å². The number of hydrogen-bond acceptors (Lipinski definition) is 8. The van der Waals surface area contributed by atoms with Crippen LogP contribution in [0.1, 0.15) is 197 Å². The summed E-state index contributed by atoms with van der Waals surface area (Å²) >= 11 is 0. The van der Waals surface area contributed by atoms with E-state index in [1.54, 1.807) is 0 Å². The van der Waals surface area contributed by atoms with Gasteiger partial charge in [-0.05, 0) is 166 Å². The average Bonchev–Trinajstić information content (AvgIpc) is 3.27. The molecule has 0 atom stereocenters. The van der Waals surface area contributed by atoms with Crippen molar-refractivity contribution in [1.29, 1.82) is 0 Å². The minimum atomic E-state index is -1.25. The number of aryl methyl sites for hydroxylation is 6. The van der Waals surface area contributed by atoms with Crippen molar-refractivity contribution < 1.29 is 56.7 Å². The summed E-state index contributed by atoms with van der Waals surface area (Å²) in [6.07, 6.45) is 16.8. The standard InChI is InChI=1S/C26H36N2.2C15H22O4.Ni/c1-7-9-10-11-12-26(28-24-16-14-20(4)22(6)18-24)25(8-2)27-23-15-13-19(3)21(5)17-23;2*1-3-5-6-8-11-10(7-4-2)9-12(16)14(17)13(11)15(18)19;/h13-18H,7-12H2,1-6H3;2*9,16-17H,3-8H2,1-2H3,(H,18,19);/q;;;+2/p-2. The van der Waals surface area contributed by atoms with Gasteiger partial charge in [-0.25, -0.2) is 9.59 Å². The molecule has 0 heterocycles. The largest absolute Gasteiger partial charge is 2.00 e. The van der Waals surface area contributed by atoms with Crippen LogP contribution in [0.15, 0.2) is 58.5 Å². The molecule has 370 valence electrons. The van der Waals surface area contributed by atoms with Crippen molar-refractivity contribution in [2.24, 2.45) is 9.98 Å². The van der Waals surface area contributed by atoms with Gasteiger partial charge >= 0.3 is 28.4 Å². The third-order valence-corrected chi connectivity index (χ3v) is 11.9. The van der Waals surface area contributed by atoms with Gasteiger partial charge in [0.1, 0.15) is 11.5 Å². The summed E-state index contributed by atoms with van der Waals surface area (Å²) in [5.74, 6) is -4.94. The van der Waals surface area contributed by atoms with Crippen molar-refractivity contribution in [3.05, 3.63) is 104 Å². The Hall–Kier alpha value is -5.15. The summed E-state index contributed by atoms with van der Waals surface area (Å²) in [5.41, 5.74) is 11.8. The molecule has 0 saturated carbocycles. The van der Waals surface area contributed by atoms with Crippen molar-refractivity contribution in [3.63, 3.8) is 0 Å². The Balaban J connectivity index is 0.000000514. The maximum atomic E-state index is 11.8. The molecule has 0 aliphatic rings. The van der Waals surface area contributed by atoms with Gasteiger partial charge in [-0.15, -0.1) is 0 Å². The maximum Gasteiger partial charge on any atom is 2.00 e. The van der Waals surface area contributed by atoms with E-state index in [0.29, 0.717) is 36.8 Å². The maximum absolute atomic E-state index is 11.8. The third-order valence-electron chi connectivity index (χ3n) is 11.9. The quantitative estimate of drug-likeness (QED) is 0.0321. The molecule has 0 saturated heterocycles. The minimum absolute atomic E-state index is 0. The van der Waals surface area contributed by atoms with E-state index in [4.69, 9.17) is 9.98 Å². The molecule has 4 aromatic carbocycles. The molecule has 0 aliphatic carbocycles. The Morgan fingerprint density at radius 3 is 1.22 bits per heavy atom. The number of aromatic carboxylic acids is 2. The van der Waals surface area contributed by atoms with E-state index < -0.39 is 34.9 Å². The number of nitrogens with zero attached hydrogens (tertiary/aromatic N) is 2. The van der Waals surface area contributed by atoms with E-state index in [9.17, 15) is 40.2 Å². The molecule has 0 spiro atoms. The molecule has 0 radical (unpaired) electrons. The SMILES string of the molecule is CCCCCCC(=Nc1ccc(C)c(C)c1)C(CC)=Nc1ccc(C)c(C)c1.CCCCCc1c(CCC)cc(O)c([O-])c1C(=O)O.CCCCCc1c(CCC)cc(O)c([O-])c1C(=O)O.[Ni+2]. The number of benzene rings is 4. The Bertz CT molecular complexity index is 2160. The second kappa shape index (κ2) is 31.8. The van der Waals surface area contributed by atoms with Crippen molar-refractivity contribution in [2.45, 2.75) is 185 Å². The Morgan fingerprint density at radius 2 is 0.881 bits per heavy atom. The van der Waals surface area contributed by atoms with Crippen LogP contribution in [-0.2, 0) is 42.2 Å². The molecular formula is C56H78N2NiO8. The number of phenols is 2. The fourth-order valence-corrected chi connectivity index (χ4v) is 7.83. The van der Waals surface area contributed by atoms with Gasteiger partial charge in [0, 0.05) is 0 Å². The van der Waals surface area contributed by atoms with Crippen LogP contribution >= 0.6 is 0 Å². The molecule has 0 unspecified atom stereocenters. The number of unbranched alkanes of at least 4 members (excludes halogenated alkanes) is 7. The number of hydrogen-bond donors (Lipinski definition) is 4. The second-order valence-electron chi connectivity index (χ2n) is 17.3. The predicted molar refractivity (Wildman–Crippen MR) is 269 cm³/mol. The molecule has 0 aliphatic heterocycles. The average molecular weight is 966 g/mol. The summed E-state index contributed by atoms with van der Waals surface area (Å²) in [6.45, 7) is 21.1. The molecule has 10 nitrogen and oxygen atoms in total. The number of carbonyl (C=O) groups is 2. The molecule has 4 rings (SSSR count). The summed E-state index contributed by atoms with van der Waals surface area (Å²) in [4.78, 5) is 32.6. The first-order valence-electron chi connectivity index (χ1n) is 24.4. The van der Waals surface area contributed by atoms with E-state index >= 15 is 0 Å². The first-order valence-corrected chi connectivity index (χ1v) is 24.4. The van der Waals surface area contributed by atoms with E-state index in [2.05, 4.69) is 91.8 Å². The third kappa shape index (κ3) is 19.2. The molecule has 0 bridgehead atoms. The molecule has 0 fully saturated rings. The zero-order chi connectivity index (χ0) is 49.3. The van der Waals surface area contributed by atoms with Gasteiger partial charge in [0.25, 0.3) is 0 Å². The molecule has 11 heteroatoms. The first kappa shape index (κ1) is 59.9. The Labute approximate surface area is 411 Å². The minimum Gasteiger partial charge on any atom is -0.869 e. The van der Waals surface area contributed by atoms with Crippen LogP contribution in [0.5, 0.6) is 23.0 Å². The van der Waals surface area contributed by atoms with E-state index in [0.717, 1.165) is 98.1 Å². The smallest absolute Gasteiger partial charge is 0.869 e. The van der Waals surface area contributed by atoms with Gasteiger partial charge in [0.05, 0.1) is 33.9 Å². The normalized spacial score (nSPS) is 11.3. The molecular weight excluding hydrogens is 887 g/mol. The van der Waals surface area contributed by atoms with Gasteiger partial charge < -0.3 is 30.6 Å². The van der Waals surface area contributed by atoms with Crippen LogP contribution < -0.4 is 10.2 Å². The van der Waals surface area contributed by atoms with Gasteiger partial charge in [-0.3, -0.25) is 9.98 Å². The summed E-state index contributed by atoms with van der Waals surface area (Å²) < 4.78 is 0. The van der Waals surface area contributed by atoms with Crippen LogP contribution in [0.4, 0.5) is 11.4 Å². The van der Waals surface area contributed by atoms with Gasteiger partial charge in [0.15, 0.2) is 0 Å². The first-order chi connectivity index (χ1) is 31.5. The predicted octanol–water partition coefficient (Wildman–Crippen LogP) is 13.8. The summed E-state index contributed by atoms with van der Waals surface area (Å²) in [7, 11) is 0. The second-order valence-corrected chi connectivity index (χ2v) is 17.3. The Morgan fingerprint density at radius 1 is 0.493 bits per heavy atom.